The molecule has 0 aliphatic heterocycles. The zero-order chi connectivity index (χ0) is 19.1. The molecule has 0 aliphatic carbocycles. The number of halogens is 6. The van der Waals surface area contributed by atoms with Crippen molar-refractivity contribution in [3.8, 4) is 22.8 Å². The van der Waals surface area contributed by atoms with Crippen LogP contribution >= 0.6 is 0 Å². The Morgan fingerprint density at radius 1 is 0.808 bits per heavy atom. The second-order valence-corrected chi connectivity index (χ2v) is 5.21. The van der Waals surface area contributed by atoms with Gasteiger partial charge < -0.3 is 5.11 Å². The van der Waals surface area contributed by atoms with E-state index >= 15 is 0 Å². The lowest BCUT2D eigenvalue weighted by Gasteiger charge is -2.13. The Bertz CT molecular complexity index is 898. The summed E-state index contributed by atoms with van der Waals surface area (Å²) in [6.45, 7) is 0. The molecule has 0 saturated heterocycles. The quantitative estimate of drug-likeness (QED) is 0.687. The number of rotatable bonds is 2. The first kappa shape index (κ1) is 17.7. The summed E-state index contributed by atoms with van der Waals surface area (Å²) in [5, 5.41) is 20.2. The van der Waals surface area contributed by atoms with Crippen LogP contribution in [0.3, 0.4) is 0 Å². The molecule has 11 heteroatoms. The monoisotopic (exact) mass is 374 g/mol. The summed E-state index contributed by atoms with van der Waals surface area (Å²) in [5.74, 6) is -0.0650. The van der Waals surface area contributed by atoms with Gasteiger partial charge in [0.1, 0.15) is 5.75 Å². The van der Waals surface area contributed by atoms with Gasteiger partial charge >= 0.3 is 12.4 Å². The first-order valence-electron chi connectivity index (χ1n) is 6.93. The Morgan fingerprint density at radius 3 is 1.85 bits per heavy atom. The highest BCUT2D eigenvalue weighted by atomic mass is 19.4. The number of phenolic OH excluding ortho intramolecular Hbond substituents is 1. The van der Waals surface area contributed by atoms with Crippen LogP contribution in [-0.4, -0.2) is 25.3 Å². The molecule has 3 aromatic rings. The van der Waals surface area contributed by atoms with E-state index < -0.39 is 29.2 Å². The molecule has 0 spiro atoms. The number of phenols is 1. The molecule has 0 aliphatic rings. The van der Waals surface area contributed by atoms with E-state index in [4.69, 9.17) is 0 Å². The average molecular weight is 374 g/mol. The molecule has 0 bridgehead atoms. The third-order valence-corrected chi connectivity index (χ3v) is 3.34. The average Bonchev–Trinajstić information content (AvgIpc) is 3.03. The third kappa shape index (κ3) is 3.60. The Hall–Kier alpha value is -3.11. The van der Waals surface area contributed by atoms with Crippen LogP contribution in [-0.2, 0) is 12.4 Å². The molecule has 0 unspecified atom stereocenters. The van der Waals surface area contributed by atoms with Crippen molar-refractivity contribution in [2.75, 3.05) is 0 Å². The maximum atomic E-state index is 12.9. The van der Waals surface area contributed by atoms with E-state index in [1.807, 2.05) is 0 Å². The highest BCUT2D eigenvalue weighted by Crippen LogP contribution is 2.37. The fourth-order valence-electron chi connectivity index (χ4n) is 2.10. The van der Waals surface area contributed by atoms with Crippen LogP contribution in [0.5, 0.6) is 5.75 Å². The largest absolute Gasteiger partial charge is 0.508 e. The minimum Gasteiger partial charge on any atom is -0.508 e. The number of benzene rings is 2. The number of alkyl halides is 6. The van der Waals surface area contributed by atoms with Gasteiger partial charge in [-0.25, -0.2) is 0 Å². The first-order valence-corrected chi connectivity index (χ1v) is 6.93. The van der Waals surface area contributed by atoms with Gasteiger partial charge in [0.05, 0.1) is 16.8 Å². The summed E-state index contributed by atoms with van der Waals surface area (Å²) in [4.78, 5) is 0.576. The molecule has 5 nitrogen and oxygen atoms in total. The van der Waals surface area contributed by atoms with Gasteiger partial charge in [0, 0.05) is 5.56 Å². The van der Waals surface area contributed by atoms with Crippen LogP contribution in [0.1, 0.15) is 11.1 Å². The van der Waals surface area contributed by atoms with Crippen molar-refractivity contribution < 1.29 is 31.4 Å². The number of aromatic hydroxyl groups is 1. The lowest BCUT2D eigenvalue weighted by Crippen LogP contribution is -2.13. The van der Waals surface area contributed by atoms with Crippen molar-refractivity contribution in [1.29, 1.82) is 0 Å². The Kier molecular flexibility index (Phi) is 4.09. The van der Waals surface area contributed by atoms with E-state index in [-0.39, 0.29) is 17.6 Å². The van der Waals surface area contributed by atoms with Crippen LogP contribution in [0.2, 0.25) is 0 Å². The normalized spacial score (nSPS) is 12.4. The number of aromatic nitrogens is 4. The molecule has 1 N–H and O–H groups in total. The maximum absolute atomic E-state index is 12.9. The topological polar surface area (TPSA) is 63.8 Å². The van der Waals surface area contributed by atoms with Gasteiger partial charge in [-0.1, -0.05) is 0 Å². The van der Waals surface area contributed by atoms with Crippen LogP contribution in [0.25, 0.3) is 17.1 Å². The van der Waals surface area contributed by atoms with Crippen molar-refractivity contribution >= 4 is 0 Å². The number of nitrogens with zero attached hydrogens (tertiary/aromatic N) is 4. The first-order chi connectivity index (χ1) is 12.0. The minimum absolute atomic E-state index is 0.0152. The molecule has 1 aromatic heterocycles. The SMILES string of the molecule is Oc1ccc(-c2nnn(-c3cc(C(F)(F)F)cc(C(F)(F)F)c3)n2)cc1. The zero-order valence-corrected chi connectivity index (χ0v) is 12.5. The van der Waals surface area contributed by atoms with Crippen molar-refractivity contribution in [3.63, 3.8) is 0 Å². The van der Waals surface area contributed by atoms with E-state index in [9.17, 15) is 31.4 Å². The fraction of sp³-hybridized carbons (Fsp3) is 0.133. The Morgan fingerprint density at radius 2 is 1.35 bits per heavy atom. The molecule has 3 rings (SSSR count). The number of hydrogen-bond donors (Lipinski definition) is 1. The van der Waals surface area contributed by atoms with E-state index in [1.165, 1.54) is 24.3 Å². The van der Waals surface area contributed by atoms with Crippen molar-refractivity contribution in [2.45, 2.75) is 12.4 Å². The Labute approximate surface area is 141 Å². The molecule has 0 radical (unpaired) electrons. The van der Waals surface area contributed by atoms with Gasteiger partial charge in [-0.2, -0.15) is 26.3 Å². The molecule has 136 valence electrons. The number of hydrogen-bond acceptors (Lipinski definition) is 4. The van der Waals surface area contributed by atoms with Gasteiger partial charge in [0.25, 0.3) is 0 Å². The summed E-state index contributed by atoms with van der Waals surface area (Å²) in [5.41, 5.74) is -3.13. The third-order valence-electron chi connectivity index (χ3n) is 3.34. The molecule has 1 heterocycles. The van der Waals surface area contributed by atoms with Crippen LogP contribution < -0.4 is 0 Å². The zero-order valence-electron chi connectivity index (χ0n) is 12.5. The Balaban J connectivity index is 2.07. The van der Waals surface area contributed by atoms with Gasteiger partial charge in [0.15, 0.2) is 0 Å². The summed E-state index contributed by atoms with van der Waals surface area (Å²) >= 11 is 0. The molecule has 0 atom stereocenters. The second-order valence-electron chi connectivity index (χ2n) is 5.21. The molecule has 0 fully saturated rings. The van der Waals surface area contributed by atoms with E-state index in [0.717, 1.165) is 0 Å². The second kappa shape index (κ2) is 6.00. The van der Waals surface area contributed by atoms with Gasteiger partial charge in [-0.3, -0.25) is 0 Å². The van der Waals surface area contributed by atoms with Gasteiger partial charge in [0.2, 0.25) is 5.82 Å². The summed E-state index contributed by atoms with van der Waals surface area (Å²) in [6.07, 6.45) is -9.95. The van der Waals surface area contributed by atoms with E-state index in [1.54, 1.807) is 0 Å². The van der Waals surface area contributed by atoms with Crippen LogP contribution in [0, 0.1) is 0 Å². The highest BCUT2D eigenvalue weighted by Gasteiger charge is 2.37. The molecule has 26 heavy (non-hydrogen) atoms. The van der Waals surface area contributed by atoms with Gasteiger partial charge in [-0.15, -0.1) is 15.0 Å². The van der Waals surface area contributed by atoms with E-state index in [0.29, 0.717) is 22.5 Å². The smallest absolute Gasteiger partial charge is 0.416 e. The molecule has 2 aromatic carbocycles. The van der Waals surface area contributed by atoms with E-state index in [2.05, 4.69) is 15.4 Å². The summed E-state index contributed by atoms with van der Waals surface area (Å²) in [7, 11) is 0. The molecule has 0 amide bonds. The highest BCUT2D eigenvalue weighted by molar-refractivity contribution is 5.55. The number of tetrazole rings is 1. The molecular weight excluding hydrogens is 366 g/mol. The molecular formula is C15H8F6N4O. The predicted octanol–water partition coefficient (Wildman–Crippen LogP) is 4.07. The molecule has 0 saturated carbocycles. The van der Waals surface area contributed by atoms with Crippen LogP contribution in [0.4, 0.5) is 26.3 Å². The maximum Gasteiger partial charge on any atom is 0.416 e. The summed E-state index contributed by atoms with van der Waals surface area (Å²) < 4.78 is 77.4. The predicted molar refractivity (Wildman–Crippen MR) is 76.3 cm³/mol. The van der Waals surface area contributed by atoms with Crippen molar-refractivity contribution in [3.05, 3.63) is 53.6 Å². The summed E-state index contributed by atoms with van der Waals surface area (Å²) in [6, 6.07) is 6.49. The standard InChI is InChI=1S/C15H8F6N4O/c16-14(17,18)9-5-10(15(19,20)21)7-11(6-9)25-23-13(22-24-25)8-1-3-12(26)4-2-8/h1-7,26H. The van der Waals surface area contributed by atoms with Crippen molar-refractivity contribution in [1.82, 2.24) is 20.2 Å². The van der Waals surface area contributed by atoms with Crippen LogP contribution in [0.15, 0.2) is 42.5 Å². The lowest BCUT2D eigenvalue weighted by atomic mass is 10.1. The van der Waals surface area contributed by atoms with Gasteiger partial charge in [-0.05, 0) is 47.7 Å². The minimum atomic E-state index is -4.98. The van der Waals surface area contributed by atoms with Crippen molar-refractivity contribution in [2.24, 2.45) is 0 Å². The fourth-order valence-corrected chi connectivity index (χ4v) is 2.10. The lowest BCUT2D eigenvalue weighted by molar-refractivity contribution is -0.143.